The van der Waals surface area contributed by atoms with E-state index in [2.05, 4.69) is 12.2 Å². The number of hydrogen-bond acceptors (Lipinski definition) is 2. The van der Waals surface area contributed by atoms with Gasteiger partial charge in [-0.25, -0.2) is 0 Å². The van der Waals surface area contributed by atoms with Gasteiger partial charge >= 0.3 is 0 Å². The van der Waals surface area contributed by atoms with Gasteiger partial charge in [0.15, 0.2) is 0 Å². The standard InChI is InChI=1S/C9H20N2/c1-8-9(4-2-6-10)5-3-7-11-8/h8-9,11H,2-7,10H2,1H3. The van der Waals surface area contributed by atoms with Crippen molar-refractivity contribution in [2.24, 2.45) is 11.7 Å². The first-order valence-corrected chi connectivity index (χ1v) is 4.78. The van der Waals surface area contributed by atoms with Gasteiger partial charge in [0.05, 0.1) is 0 Å². The average Bonchev–Trinajstić information content (AvgIpc) is 2.03. The summed E-state index contributed by atoms with van der Waals surface area (Å²) in [6.07, 6.45) is 5.25. The third-order valence-corrected chi connectivity index (χ3v) is 2.70. The van der Waals surface area contributed by atoms with Crippen LogP contribution >= 0.6 is 0 Å². The van der Waals surface area contributed by atoms with Crippen LogP contribution in [0.5, 0.6) is 0 Å². The topological polar surface area (TPSA) is 38.0 Å². The molecule has 2 unspecified atom stereocenters. The lowest BCUT2D eigenvalue weighted by Gasteiger charge is -2.29. The number of piperidine rings is 1. The molecule has 0 aromatic carbocycles. The lowest BCUT2D eigenvalue weighted by molar-refractivity contribution is 0.278. The normalized spacial score (nSPS) is 32.2. The lowest BCUT2D eigenvalue weighted by atomic mass is 9.88. The Hall–Kier alpha value is -0.0800. The molecule has 0 radical (unpaired) electrons. The summed E-state index contributed by atoms with van der Waals surface area (Å²) < 4.78 is 0. The number of nitrogens with one attached hydrogen (secondary N) is 1. The Morgan fingerprint density at radius 2 is 2.36 bits per heavy atom. The molecule has 1 saturated heterocycles. The molecule has 1 rings (SSSR count). The van der Waals surface area contributed by atoms with E-state index in [1.54, 1.807) is 0 Å². The van der Waals surface area contributed by atoms with Gasteiger partial charge in [-0.15, -0.1) is 0 Å². The SMILES string of the molecule is CC1NCCCC1CCCN. The molecule has 11 heavy (non-hydrogen) atoms. The highest BCUT2D eigenvalue weighted by molar-refractivity contribution is 4.77. The average molecular weight is 156 g/mol. The van der Waals surface area contributed by atoms with E-state index >= 15 is 0 Å². The Bertz CT molecular complexity index is 104. The highest BCUT2D eigenvalue weighted by Crippen LogP contribution is 2.20. The minimum atomic E-state index is 0.718. The zero-order chi connectivity index (χ0) is 8.10. The molecule has 2 atom stereocenters. The molecular formula is C9H20N2. The van der Waals surface area contributed by atoms with E-state index in [1.807, 2.05) is 0 Å². The van der Waals surface area contributed by atoms with Gasteiger partial charge in [-0.2, -0.15) is 0 Å². The van der Waals surface area contributed by atoms with Crippen LogP contribution in [0.2, 0.25) is 0 Å². The Morgan fingerprint density at radius 3 is 3.00 bits per heavy atom. The molecule has 0 aromatic heterocycles. The summed E-state index contributed by atoms with van der Waals surface area (Å²) in [6.45, 7) is 4.35. The lowest BCUT2D eigenvalue weighted by Crippen LogP contribution is -2.39. The fraction of sp³-hybridized carbons (Fsp3) is 1.00. The second-order valence-corrected chi connectivity index (χ2v) is 3.58. The van der Waals surface area contributed by atoms with Crippen LogP contribution in [0, 0.1) is 5.92 Å². The van der Waals surface area contributed by atoms with Crippen molar-refractivity contribution in [3.05, 3.63) is 0 Å². The van der Waals surface area contributed by atoms with Crippen LogP contribution < -0.4 is 11.1 Å². The van der Waals surface area contributed by atoms with E-state index in [0.717, 1.165) is 18.5 Å². The van der Waals surface area contributed by atoms with Crippen molar-refractivity contribution in [2.45, 2.75) is 38.6 Å². The monoisotopic (exact) mass is 156 g/mol. The summed E-state index contributed by atoms with van der Waals surface area (Å²) in [5.41, 5.74) is 5.47. The molecule has 0 saturated carbocycles. The molecule has 0 spiro atoms. The van der Waals surface area contributed by atoms with E-state index in [-0.39, 0.29) is 0 Å². The zero-order valence-corrected chi connectivity index (χ0v) is 7.47. The van der Waals surface area contributed by atoms with Gasteiger partial charge in [0.1, 0.15) is 0 Å². The van der Waals surface area contributed by atoms with Crippen molar-refractivity contribution >= 4 is 0 Å². The Kier molecular flexibility index (Phi) is 3.87. The number of hydrogen-bond donors (Lipinski definition) is 2. The molecule has 1 aliphatic rings. The predicted octanol–water partition coefficient (Wildman–Crippen LogP) is 1.11. The molecule has 1 heterocycles. The zero-order valence-electron chi connectivity index (χ0n) is 7.47. The van der Waals surface area contributed by atoms with E-state index in [1.165, 1.54) is 32.2 Å². The molecule has 0 bridgehead atoms. The molecule has 0 aliphatic carbocycles. The van der Waals surface area contributed by atoms with Crippen molar-refractivity contribution in [1.29, 1.82) is 0 Å². The summed E-state index contributed by atoms with van der Waals surface area (Å²) in [4.78, 5) is 0. The molecule has 2 nitrogen and oxygen atoms in total. The Labute approximate surface area is 69.5 Å². The summed E-state index contributed by atoms with van der Waals surface area (Å²) in [5.74, 6) is 0.882. The van der Waals surface area contributed by atoms with E-state index in [0.29, 0.717) is 0 Å². The van der Waals surface area contributed by atoms with Gasteiger partial charge in [-0.1, -0.05) is 0 Å². The van der Waals surface area contributed by atoms with Crippen LogP contribution in [0.3, 0.4) is 0 Å². The molecule has 0 amide bonds. The quantitative estimate of drug-likeness (QED) is 0.642. The fourth-order valence-electron chi connectivity index (χ4n) is 1.89. The maximum Gasteiger partial charge on any atom is 0.00670 e. The van der Waals surface area contributed by atoms with Crippen LogP contribution in [0.25, 0.3) is 0 Å². The summed E-state index contributed by atoms with van der Waals surface area (Å²) in [5, 5.41) is 3.50. The Balaban J connectivity index is 2.18. The van der Waals surface area contributed by atoms with E-state index in [4.69, 9.17) is 5.73 Å². The first-order chi connectivity index (χ1) is 5.34. The summed E-state index contributed by atoms with van der Waals surface area (Å²) >= 11 is 0. The van der Waals surface area contributed by atoms with Gasteiger partial charge in [-0.3, -0.25) is 0 Å². The smallest absolute Gasteiger partial charge is 0.00670 e. The second-order valence-electron chi connectivity index (χ2n) is 3.58. The van der Waals surface area contributed by atoms with E-state index in [9.17, 15) is 0 Å². The van der Waals surface area contributed by atoms with Gasteiger partial charge in [0, 0.05) is 6.04 Å². The molecule has 1 aliphatic heterocycles. The number of nitrogens with two attached hydrogens (primary N) is 1. The molecule has 66 valence electrons. The predicted molar refractivity (Wildman–Crippen MR) is 48.5 cm³/mol. The van der Waals surface area contributed by atoms with Gasteiger partial charge < -0.3 is 11.1 Å². The second kappa shape index (κ2) is 4.73. The van der Waals surface area contributed by atoms with Crippen molar-refractivity contribution in [3.63, 3.8) is 0 Å². The number of rotatable bonds is 3. The fourth-order valence-corrected chi connectivity index (χ4v) is 1.89. The van der Waals surface area contributed by atoms with Crippen LogP contribution in [0.1, 0.15) is 32.6 Å². The third kappa shape index (κ3) is 2.80. The van der Waals surface area contributed by atoms with E-state index < -0.39 is 0 Å². The molecule has 1 fully saturated rings. The largest absolute Gasteiger partial charge is 0.330 e. The summed E-state index contributed by atoms with van der Waals surface area (Å²) in [6, 6.07) is 0.718. The maximum absolute atomic E-state index is 5.47. The molecule has 3 N–H and O–H groups in total. The highest BCUT2D eigenvalue weighted by atomic mass is 14.9. The summed E-state index contributed by atoms with van der Waals surface area (Å²) in [7, 11) is 0. The first kappa shape index (κ1) is 9.01. The molecule has 2 heteroatoms. The van der Waals surface area contributed by atoms with Crippen LogP contribution in [0.15, 0.2) is 0 Å². The minimum Gasteiger partial charge on any atom is -0.330 e. The van der Waals surface area contributed by atoms with Crippen LogP contribution in [0.4, 0.5) is 0 Å². The molecular weight excluding hydrogens is 136 g/mol. The van der Waals surface area contributed by atoms with Gasteiger partial charge in [0.25, 0.3) is 0 Å². The van der Waals surface area contributed by atoms with Crippen molar-refractivity contribution < 1.29 is 0 Å². The van der Waals surface area contributed by atoms with Crippen LogP contribution in [-0.2, 0) is 0 Å². The molecule has 0 aromatic rings. The maximum atomic E-state index is 5.47. The van der Waals surface area contributed by atoms with Crippen LogP contribution in [-0.4, -0.2) is 19.1 Å². The van der Waals surface area contributed by atoms with Crippen molar-refractivity contribution in [2.75, 3.05) is 13.1 Å². The van der Waals surface area contributed by atoms with Crippen molar-refractivity contribution in [1.82, 2.24) is 5.32 Å². The third-order valence-electron chi connectivity index (χ3n) is 2.70. The Morgan fingerprint density at radius 1 is 1.55 bits per heavy atom. The van der Waals surface area contributed by atoms with Gasteiger partial charge in [0.2, 0.25) is 0 Å². The first-order valence-electron chi connectivity index (χ1n) is 4.78. The van der Waals surface area contributed by atoms with Crippen molar-refractivity contribution in [3.8, 4) is 0 Å². The highest BCUT2D eigenvalue weighted by Gasteiger charge is 2.19. The van der Waals surface area contributed by atoms with Gasteiger partial charge in [-0.05, 0) is 51.6 Å². The minimum absolute atomic E-state index is 0.718.